The number of hydrogen-bond acceptors (Lipinski definition) is 5. The molecule has 0 bridgehead atoms. The monoisotopic (exact) mass is 746 g/mol. The van der Waals surface area contributed by atoms with Crippen molar-refractivity contribution >= 4 is 75.3 Å². The molecule has 0 aliphatic heterocycles. The van der Waals surface area contributed by atoms with Crippen LogP contribution in [0, 0.1) is 0 Å². The summed E-state index contributed by atoms with van der Waals surface area (Å²) in [6.07, 6.45) is 0. The summed E-state index contributed by atoms with van der Waals surface area (Å²) in [6, 6.07) is 63.8. The fourth-order valence-corrected chi connectivity index (χ4v) is 9.69. The average Bonchev–Trinajstić information content (AvgIpc) is 3.96. The van der Waals surface area contributed by atoms with E-state index in [0.717, 1.165) is 66.5 Å². The van der Waals surface area contributed by atoms with Crippen LogP contribution in [-0.4, -0.2) is 19.5 Å². The molecule has 0 N–H and O–H groups in total. The Labute approximate surface area is 330 Å². The van der Waals surface area contributed by atoms with Crippen LogP contribution in [-0.2, 0) is 0 Å². The number of thiophene rings is 1. The van der Waals surface area contributed by atoms with Gasteiger partial charge in [-0.3, -0.25) is 0 Å². The molecular weight excluding hydrogens is 717 g/mol. The maximum atomic E-state index is 6.29. The van der Waals surface area contributed by atoms with Crippen molar-refractivity contribution < 1.29 is 4.42 Å². The molecule has 0 aliphatic rings. The predicted molar refractivity (Wildman–Crippen MR) is 236 cm³/mol. The van der Waals surface area contributed by atoms with Crippen LogP contribution in [0.2, 0.25) is 0 Å². The zero-order valence-corrected chi connectivity index (χ0v) is 31.2. The Balaban J connectivity index is 1.06. The third kappa shape index (κ3) is 5.04. The van der Waals surface area contributed by atoms with Crippen LogP contribution in [0.1, 0.15) is 0 Å². The van der Waals surface area contributed by atoms with Gasteiger partial charge in [-0.2, -0.15) is 0 Å². The third-order valence-corrected chi connectivity index (χ3v) is 12.3. The Morgan fingerprint density at radius 2 is 1.05 bits per heavy atom. The topological polar surface area (TPSA) is 56.7 Å². The second-order valence-electron chi connectivity index (χ2n) is 14.4. The van der Waals surface area contributed by atoms with Crippen molar-refractivity contribution in [1.29, 1.82) is 0 Å². The first kappa shape index (κ1) is 31.9. The first-order valence-electron chi connectivity index (χ1n) is 19.0. The Morgan fingerprint density at radius 3 is 1.96 bits per heavy atom. The third-order valence-electron chi connectivity index (χ3n) is 11.1. The fraction of sp³-hybridized carbons (Fsp3) is 0. The molecule has 0 saturated carbocycles. The van der Waals surface area contributed by atoms with Crippen molar-refractivity contribution in [2.24, 2.45) is 0 Å². The quantitative estimate of drug-likeness (QED) is 0.176. The van der Waals surface area contributed by atoms with E-state index in [1.807, 2.05) is 30.3 Å². The smallest absolute Gasteiger partial charge is 0.165 e. The molecule has 5 nitrogen and oxygen atoms in total. The number of nitrogens with zero attached hydrogens (tertiary/aromatic N) is 4. The van der Waals surface area contributed by atoms with Crippen molar-refractivity contribution in [1.82, 2.24) is 19.5 Å². The molecule has 8 aromatic carbocycles. The van der Waals surface area contributed by atoms with Crippen molar-refractivity contribution in [2.45, 2.75) is 0 Å². The summed E-state index contributed by atoms with van der Waals surface area (Å²) < 4.78 is 11.1. The molecule has 0 aliphatic carbocycles. The summed E-state index contributed by atoms with van der Waals surface area (Å²) in [5.41, 5.74) is 10.2. The Bertz CT molecular complexity index is 3540. The van der Waals surface area contributed by atoms with Gasteiger partial charge in [0, 0.05) is 64.1 Å². The number of fused-ring (bicyclic) bond motifs is 9. The summed E-state index contributed by atoms with van der Waals surface area (Å²) in [4.78, 5) is 15.5. The van der Waals surface area contributed by atoms with E-state index >= 15 is 0 Å². The number of para-hydroxylation sites is 2. The molecule has 4 heterocycles. The van der Waals surface area contributed by atoms with Crippen LogP contribution in [0.25, 0.3) is 115 Å². The zero-order chi connectivity index (χ0) is 37.5. The summed E-state index contributed by atoms with van der Waals surface area (Å²) in [5, 5.41) is 7.08. The predicted octanol–water partition coefficient (Wildman–Crippen LogP) is 13.9. The molecule has 6 heteroatoms. The molecular formula is C51H30N4OS. The number of furan rings is 1. The van der Waals surface area contributed by atoms with Gasteiger partial charge in [-0.05, 0) is 59.7 Å². The van der Waals surface area contributed by atoms with E-state index in [1.54, 1.807) is 11.3 Å². The second kappa shape index (κ2) is 12.6. The normalized spacial score (nSPS) is 11.9. The molecule has 12 aromatic rings. The Morgan fingerprint density at radius 1 is 0.404 bits per heavy atom. The molecule has 0 amide bonds. The highest BCUT2D eigenvalue weighted by atomic mass is 32.1. The van der Waals surface area contributed by atoms with Gasteiger partial charge in [0.05, 0.1) is 11.0 Å². The lowest BCUT2D eigenvalue weighted by molar-refractivity contribution is 0.669. The van der Waals surface area contributed by atoms with Crippen molar-refractivity contribution in [3.8, 4) is 51.0 Å². The van der Waals surface area contributed by atoms with E-state index in [4.69, 9.17) is 19.4 Å². The molecule has 0 spiro atoms. The molecule has 0 unspecified atom stereocenters. The minimum atomic E-state index is 0.624. The molecule has 0 saturated heterocycles. The second-order valence-corrected chi connectivity index (χ2v) is 15.4. The summed E-state index contributed by atoms with van der Waals surface area (Å²) in [6.45, 7) is 0. The number of benzene rings is 8. The molecule has 12 rings (SSSR count). The van der Waals surface area contributed by atoms with Gasteiger partial charge in [0.15, 0.2) is 17.5 Å². The van der Waals surface area contributed by atoms with Crippen LogP contribution in [0.3, 0.4) is 0 Å². The molecule has 0 fully saturated rings. The maximum absolute atomic E-state index is 6.29. The van der Waals surface area contributed by atoms with Gasteiger partial charge in [-0.25, -0.2) is 15.0 Å². The summed E-state index contributed by atoms with van der Waals surface area (Å²) in [7, 11) is 0. The Hall–Kier alpha value is -7.41. The molecule has 0 radical (unpaired) electrons. The van der Waals surface area contributed by atoms with E-state index in [0.29, 0.717) is 17.5 Å². The first-order chi connectivity index (χ1) is 28.2. The largest absolute Gasteiger partial charge is 0.456 e. The van der Waals surface area contributed by atoms with Gasteiger partial charge in [0.1, 0.15) is 11.2 Å². The van der Waals surface area contributed by atoms with Gasteiger partial charge in [-0.15, -0.1) is 11.3 Å². The fourth-order valence-electron chi connectivity index (χ4n) is 8.48. The van der Waals surface area contributed by atoms with Crippen molar-refractivity contribution in [3.05, 3.63) is 182 Å². The summed E-state index contributed by atoms with van der Waals surface area (Å²) in [5.74, 6) is 1.92. The highest BCUT2D eigenvalue weighted by Gasteiger charge is 2.19. The van der Waals surface area contributed by atoms with Crippen LogP contribution < -0.4 is 0 Å². The standard InChI is InChI=1S/C51H30N4OS/c1-2-13-31(14-3-1)49-52-50(54-51(53-49)41-22-11-21-39-38-18-6-9-26-46(38)57-48(39)41)33-15-10-16-34(29-33)55-42-23-7-4-17-36(42)37-28-27-32(30-43(37)55)35-20-12-25-45-47(35)40-19-5-8-24-44(40)56-45/h1-30H. The lowest BCUT2D eigenvalue weighted by atomic mass is 9.98. The van der Waals surface area contributed by atoms with Crippen LogP contribution in [0.4, 0.5) is 0 Å². The van der Waals surface area contributed by atoms with Gasteiger partial charge in [-0.1, -0.05) is 133 Å². The van der Waals surface area contributed by atoms with E-state index in [2.05, 4.69) is 156 Å². The highest BCUT2D eigenvalue weighted by Crippen LogP contribution is 2.42. The van der Waals surface area contributed by atoms with E-state index in [1.165, 1.54) is 30.9 Å². The summed E-state index contributed by atoms with van der Waals surface area (Å²) >= 11 is 1.78. The SMILES string of the molecule is c1ccc(-c2nc(-c3cccc(-n4c5ccccc5c5ccc(-c6cccc7oc8ccccc8c67)cc54)c3)nc(-c3cccc4c3sc3ccccc34)n2)cc1. The van der Waals surface area contributed by atoms with Gasteiger partial charge in [0.25, 0.3) is 0 Å². The molecule has 4 aromatic heterocycles. The lowest BCUT2D eigenvalue weighted by Crippen LogP contribution is -2.01. The maximum Gasteiger partial charge on any atom is 0.165 e. The molecule has 266 valence electrons. The number of aromatic nitrogens is 4. The number of hydrogen-bond donors (Lipinski definition) is 0. The molecule has 0 atom stereocenters. The average molecular weight is 747 g/mol. The Kier molecular flexibility index (Phi) is 7.03. The lowest BCUT2D eigenvalue weighted by Gasteiger charge is -2.12. The van der Waals surface area contributed by atoms with E-state index < -0.39 is 0 Å². The first-order valence-corrected chi connectivity index (χ1v) is 19.8. The number of rotatable bonds is 5. The minimum Gasteiger partial charge on any atom is -0.456 e. The molecule has 57 heavy (non-hydrogen) atoms. The minimum absolute atomic E-state index is 0.624. The van der Waals surface area contributed by atoms with Crippen LogP contribution in [0.15, 0.2) is 186 Å². The van der Waals surface area contributed by atoms with Crippen molar-refractivity contribution in [2.75, 3.05) is 0 Å². The van der Waals surface area contributed by atoms with Crippen LogP contribution in [0.5, 0.6) is 0 Å². The van der Waals surface area contributed by atoms with E-state index in [9.17, 15) is 0 Å². The highest BCUT2D eigenvalue weighted by molar-refractivity contribution is 7.26. The zero-order valence-electron chi connectivity index (χ0n) is 30.4. The van der Waals surface area contributed by atoms with Gasteiger partial charge < -0.3 is 8.98 Å². The van der Waals surface area contributed by atoms with Gasteiger partial charge in [0.2, 0.25) is 0 Å². The van der Waals surface area contributed by atoms with Gasteiger partial charge >= 0.3 is 0 Å². The van der Waals surface area contributed by atoms with Crippen LogP contribution >= 0.6 is 11.3 Å². The van der Waals surface area contributed by atoms with E-state index in [-0.39, 0.29) is 0 Å². The van der Waals surface area contributed by atoms with Crippen molar-refractivity contribution in [3.63, 3.8) is 0 Å².